The van der Waals surface area contributed by atoms with Gasteiger partial charge in [-0.15, -0.1) is 0 Å². The number of halogens is 2. The molecule has 2 unspecified atom stereocenters. The molecular weight excluding hydrogens is 329 g/mol. The highest BCUT2D eigenvalue weighted by Crippen LogP contribution is 2.38. The third kappa shape index (κ3) is 2.86. The summed E-state index contributed by atoms with van der Waals surface area (Å²) in [6.07, 6.45) is -0.557. The van der Waals surface area contributed by atoms with E-state index in [0.29, 0.717) is 15.7 Å². The van der Waals surface area contributed by atoms with Gasteiger partial charge in [0, 0.05) is 16.1 Å². The van der Waals surface area contributed by atoms with Gasteiger partial charge in [0.25, 0.3) is 0 Å². The quantitative estimate of drug-likeness (QED) is 0.839. The van der Waals surface area contributed by atoms with E-state index >= 15 is 0 Å². The summed E-state index contributed by atoms with van der Waals surface area (Å²) in [4.78, 5) is 27.3. The first kappa shape index (κ1) is 15.4. The molecule has 2 fully saturated rings. The van der Waals surface area contributed by atoms with Crippen LogP contribution in [0.4, 0.5) is 15.3 Å². The normalized spacial score (nSPS) is 23.6. The number of hydrogen-bond donors (Lipinski definition) is 1. The summed E-state index contributed by atoms with van der Waals surface area (Å²) < 4.78 is 5.48. The highest BCUT2D eigenvalue weighted by atomic mass is 35.5. The molecule has 2 heterocycles. The van der Waals surface area contributed by atoms with Gasteiger partial charge in [0.2, 0.25) is 0 Å². The molecule has 0 radical (unpaired) electrons. The molecule has 1 aromatic carbocycles. The summed E-state index contributed by atoms with van der Waals surface area (Å²) in [5.74, 6) is 0. The average Bonchev–Trinajstić information content (AvgIpc) is 3.14. The van der Waals surface area contributed by atoms with Gasteiger partial charge in [-0.2, -0.15) is 0 Å². The molecule has 3 rings (SSSR count). The van der Waals surface area contributed by atoms with Crippen LogP contribution in [0.2, 0.25) is 10.0 Å². The molecule has 0 bridgehead atoms. The Balaban J connectivity index is 1.88. The first-order chi connectivity index (χ1) is 10.4. The molecule has 6 nitrogen and oxygen atoms in total. The second kappa shape index (κ2) is 5.61. The zero-order valence-corrected chi connectivity index (χ0v) is 13.6. The Kier molecular flexibility index (Phi) is 3.92. The third-order valence-corrected chi connectivity index (χ3v) is 3.83. The van der Waals surface area contributed by atoms with Gasteiger partial charge >= 0.3 is 12.1 Å². The monoisotopic (exact) mass is 343 g/mol. The van der Waals surface area contributed by atoms with Crippen LogP contribution in [0.3, 0.4) is 0 Å². The van der Waals surface area contributed by atoms with Gasteiger partial charge in [0.1, 0.15) is 6.10 Å². The molecule has 2 aliphatic rings. The molecule has 2 saturated heterocycles. The number of epoxide rings is 1. The maximum atomic E-state index is 12.6. The number of nitrogens with one attached hydrogen (secondary N) is 1. The van der Waals surface area contributed by atoms with Gasteiger partial charge in [-0.1, -0.05) is 23.2 Å². The van der Waals surface area contributed by atoms with Crippen molar-refractivity contribution < 1.29 is 14.3 Å². The second-order valence-corrected chi connectivity index (χ2v) is 6.43. The van der Waals surface area contributed by atoms with Crippen LogP contribution in [0, 0.1) is 0 Å². The van der Waals surface area contributed by atoms with E-state index in [1.165, 1.54) is 4.90 Å². The molecular formula is C14H15Cl2N3O3. The average molecular weight is 344 g/mol. The molecule has 1 N–H and O–H groups in total. The molecule has 0 spiro atoms. The topological polar surface area (TPSA) is 65.2 Å². The predicted octanol–water partition coefficient (Wildman–Crippen LogP) is 3.08. The minimum Gasteiger partial charge on any atom is -0.345 e. The van der Waals surface area contributed by atoms with Gasteiger partial charge in [0.05, 0.1) is 12.2 Å². The molecule has 0 aliphatic carbocycles. The van der Waals surface area contributed by atoms with E-state index in [2.05, 4.69) is 5.32 Å². The van der Waals surface area contributed by atoms with E-state index in [1.54, 1.807) is 18.2 Å². The van der Waals surface area contributed by atoms with Crippen molar-refractivity contribution in [3.63, 3.8) is 0 Å². The summed E-state index contributed by atoms with van der Waals surface area (Å²) in [5.41, 5.74) is 0.511. The summed E-state index contributed by atoms with van der Waals surface area (Å²) in [6, 6.07) is 3.87. The van der Waals surface area contributed by atoms with Crippen molar-refractivity contribution in [1.82, 2.24) is 10.2 Å². The summed E-state index contributed by atoms with van der Waals surface area (Å²) in [6.45, 7) is 3.90. The van der Waals surface area contributed by atoms with E-state index in [9.17, 15) is 9.59 Å². The smallest absolute Gasteiger partial charge is 0.334 e. The Hall–Kier alpha value is -1.50. The lowest BCUT2D eigenvalue weighted by Gasteiger charge is -2.32. The lowest BCUT2D eigenvalue weighted by molar-refractivity contribution is 0.183. The molecule has 2 atom stereocenters. The van der Waals surface area contributed by atoms with Crippen molar-refractivity contribution in [2.45, 2.75) is 32.2 Å². The molecule has 0 saturated carbocycles. The first-order valence-corrected chi connectivity index (χ1v) is 7.65. The number of urea groups is 2. The molecule has 1 aromatic rings. The zero-order chi connectivity index (χ0) is 16.0. The highest BCUT2D eigenvalue weighted by Gasteiger charge is 2.54. The minimum atomic E-state index is -0.449. The van der Waals surface area contributed by atoms with Gasteiger partial charge < -0.3 is 10.1 Å². The number of carbonyl (C=O) groups is 2. The Bertz CT molecular complexity index is 618. The lowest BCUT2D eigenvalue weighted by Crippen LogP contribution is -2.57. The van der Waals surface area contributed by atoms with Crippen molar-refractivity contribution in [2.24, 2.45) is 0 Å². The highest BCUT2D eigenvalue weighted by molar-refractivity contribution is 6.35. The number of imide groups is 1. The minimum absolute atomic E-state index is 0.0628. The van der Waals surface area contributed by atoms with Gasteiger partial charge in [0.15, 0.2) is 6.23 Å². The van der Waals surface area contributed by atoms with Crippen molar-refractivity contribution in [1.29, 1.82) is 0 Å². The maximum Gasteiger partial charge on any atom is 0.334 e. The van der Waals surface area contributed by atoms with Crippen LogP contribution in [0.25, 0.3) is 0 Å². The van der Waals surface area contributed by atoms with E-state index in [0.717, 1.165) is 4.90 Å². The fourth-order valence-electron chi connectivity index (χ4n) is 2.42. The van der Waals surface area contributed by atoms with E-state index in [4.69, 9.17) is 27.9 Å². The van der Waals surface area contributed by atoms with Crippen LogP contribution in [-0.2, 0) is 4.74 Å². The van der Waals surface area contributed by atoms with Crippen LogP contribution in [0.5, 0.6) is 0 Å². The van der Waals surface area contributed by atoms with Crippen LogP contribution in [0.1, 0.15) is 13.8 Å². The number of hydrogen-bond acceptors (Lipinski definition) is 3. The maximum absolute atomic E-state index is 12.6. The van der Waals surface area contributed by atoms with E-state index < -0.39 is 12.1 Å². The third-order valence-electron chi connectivity index (χ3n) is 3.39. The van der Waals surface area contributed by atoms with Gasteiger partial charge in [-0.25, -0.2) is 14.5 Å². The SMILES string of the molecule is CC(C)NC(=O)N1CC2OC2N(c2cc(Cl)cc(Cl)c2)C1=O. The number of fused-ring (bicyclic) bond motifs is 1. The van der Waals surface area contributed by atoms with Crippen LogP contribution >= 0.6 is 23.2 Å². The number of rotatable bonds is 2. The van der Waals surface area contributed by atoms with Gasteiger partial charge in [-0.05, 0) is 32.0 Å². The van der Waals surface area contributed by atoms with E-state index in [-0.39, 0.29) is 24.9 Å². The summed E-state index contributed by atoms with van der Waals surface area (Å²) >= 11 is 12.0. The Labute approximate surface area is 137 Å². The predicted molar refractivity (Wildman–Crippen MR) is 83.4 cm³/mol. The molecule has 8 heteroatoms. The number of amides is 4. The first-order valence-electron chi connectivity index (χ1n) is 6.89. The van der Waals surface area contributed by atoms with E-state index in [1.807, 2.05) is 13.8 Å². The second-order valence-electron chi connectivity index (χ2n) is 5.56. The molecule has 22 heavy (non-hydrogen) atoms. The van der Waals surface area contributed by atoms with Crippen LogP contribution in [-0.4, -0.2) is 41.9 Å². The molecule has 0 aromatic heterocycles. The molecule has 2 aliphatic heterocycles. The fraction of sp³-hybridized carbons (Fsp3) is 0.429. The number of carbonyl (C=O) groups excluding carboxylic acids is 2. The fourth-order valence-corrected chi connectivity index (χ4v) is 2.94. The Morgan fingerprint density at radius 3 is 2.55 bits per heavy atom. The number of benzene rings is 1. The largest absolute Gasteiger partial charge is 0.345 e. The van der Waals surface area contributed by atoms with Crippen LogP contribution < -0.4 is 10.2 Å². The lowest BCUT2D eigenvalue weighted by atomic mass is 10.2. The van der Waals surface area contributed by atoms with Crippen molar-refractivity contribution >= 4 is 41.0 Å². The molecule has 4 amide bonds. The standard InChI is InChI=1S/C14H15Cl2N3O3/c1-7(2)17-13(20)18-6-11-12(22-11)19(14(18)21)10-4-8(15)3-9(16)5-10/h3-5,7,11-12H,6H2,1-2H3,(H,17,20). The number of nitrogens with zero attached hydrogens (tertiary/aromatic N) is 2. The number of anilines is 1. The van der Waals surface area contributed by atoms with Crippen LogP contribution in [0.15, 0.2) is 18.2 Å². The number of ether oxygens (including phenoxy) is 1. The van der Waals surface area contributed by atoms with Crippen molar-refractivity contribution in [3.8, 4) is 0 Å². The zero-order valence-electron chi connectivity index (χ0n) is 12.0. The van der Waals surface area contributed by atoms with Crippen molar-refractivity contribution in [2.75, 3.05) is 11.4 Å². The molecule has 118 valence electrons. The Morgan fingerprint density at radius 2 is 1.95 bits per heavy atom. The Morgan fingerprint density at radius 1 is 1.32 bits per heavy atom. The van der Waals surface area contributed by atoms with Crippen molar-refractivity contribution in [3.05, 3.63) is 28.2 Å². The summed E-state index contributed by atoms with van der Waals surface area (Å²) in [5, 5.41) is 3.53. The van der Waals surface area contributed by atoms with Gasteiger partial charge in [-0.3, -0.25) is 4.90 Å². The summed E-state index contributed by atoms with van der Waals surface area (Å²) in [7, 11) is 0.